The molecule has 0 N–H and O–H groups in total. The summed E-state index contributed by atoms with van der Waals surface area (Å²) in [6, 6.07) is 0. The lowest BCUT2D eigenvalue weighted by atomic mass is 10.1. The fraction of sp³-hybridized carbons (Fsp3) is 0.750. The van der Waals surface area contributed by atoms with Crippen molar-refractivity contribution in [1.82, 2.24) is 5.06 Å². The molecule has 1 amide bonds. The summed E-state index contributed by atoms with van der Waals surface area (Å²) >= 11 is 0. The van der Waals surface area contributed by atoms with E-state index in [-0.39, 0.29) is 11.8 Å². The molecule has 0 radical (unpaired) electrons. The molecule has 0 aromatic heterocycles. The van der Waals surface area contributed by atoms with Gasteiger partial charge in [-0.2, -0.15) is 5.06 Å². The van der Waals surface area contributed by atoms with Crippen LogP contribution >= 0.6 is 0 Å². The van der Waals surface area contributed by atoms with Crippen molar-refractivity contribution in [2.45, 2.75) is 26.7 Å². The van der Waals surface area contributed by atoms with E-state index >= 15 is 0 Å². The Morgan fingerprint density at radius 3 is 2.83 bits per heavy atom. The van der Waals surface area contributed by atoms with E-state index < -0.39 is 5.97 Å². The number of carbonyl (C=O) groups is 2. The molecule has 1 atom stereocenters. The van der Waals surface area contributed by atoms with E-state index in [0.29, 0.717) is 6.54 Å². The molecule has 0 spiro atoms. The number of nitrogens with zero attached hydrogens (tertiary/aromatic N) is 1. The van der Waals surface area contributed by atoms with Gasteiger partial charge in [-0.1, -0.05) is 6.92 Å². The maximum absolute atomic E-state index is 11.3. The van der Waals surface area contributed by atoms with Crippen LogP contribution in [0.1, 0.15) is 26.7 Å². The first-order chi connectivity index (χ1) is 5.65. The molecule has 1 fully saturated rings. The van der Waals surface area contributed by atoms with Crippen molar-refractivity contribution in [3.05, 3.63) is 0 Å². The molecule has 1 saturated heterocycles. The van der Waals surface area contributed by atoms with Gasteiger partial charge in [0, 0.05) is 12.8 Å². The molecule has 1 aliphatic rings. The Kier molecular flexibility index (Phi) is 2.68. The van der Waals surface area contributed by atoms with Gasteiger partial charge in [-0.15, -0.1) is 0 Å². The monoisotopic (exact) mass is 171 g/mol. The molecular formula is C8H13NO3. The van der Waals surface area contributed by atoms with Gasteiger partial charge in [-0.05, 0) is 12.8 Å². The second-order valence-corrected chi connectivity index (χ2v) is 2.92. The summed E-state index contributed by atoms with van der Waals surface area (Å²) in [5.41, 5.74) is 0. The normalized spacial score (nSPS) is 23.0. The minimum absolute atomic E-state index is 0.0457. The Morgan fingerprint density at radius 2 is 2.42 bits per heavy atom. The highest BCUT2D eigenvalue weighted by Gasteiger charge is 2.32. The van der Waals surface area contributed by atoms with E-state index in [2.05, 4.69) is 0 Å². The van der Waals surface area contributed by atoms with Crippen LogP contribution in [0.3, 0.4) is 0 Å². The van der Waals surface area contributed by atoms with Gasteiger partial charge in [0.15, 0.2) is 0 Å². The predicted octanol–water partition coefficient (Wildman–Crippen LogP) is 0.723. The molecule has 12 heavy (non-hydrogen) atoms. The van der Waals surface area contributed by atoms with Crippen LogP contribution in [-0.4, -0.2) is 23.5 Å². The highest BCUT2D eigenvalue weighted by molar-refractivity contribution is 5.81. The van der Waals surface area contributed by atoms with Gasteiger partial charge in [-0.3, -0.25) is 9.59 Å². The van der Waals surface area contributed by atoms with Gasteiger partial charge in [0.25, 0.3) is 5.91 Å². The van der Waals surface area contributed by atoms with E-state index in [1.807, 2.05) is 6.92 Å². The average Bonchev–Trinajstić information content (AvgIpc) is 2.32. The molecule has 0 aliphatic carbocycles. The Labute approximate surface area is 71.4 Å². The third-order valence-electron chi connectivity index (χ3n) is 2.01. The van der Waals surface area contributed by atoms with Crippen molar-refractivity contribution in [3.63, 3.8) is 0 Å². The topological polar surface area (TPSA) is 46.6 Å². The van der Waals surface area contributed by atoms with Gasteiger partial charge < -0.3 is 4.84 Å². The largest absolute Gasteiger partial charge is 0.338 e. The van der Waals surface area contributed by atoms with E-state index in [4.69, 9.17) is 4.84 Å². The van der Waals surface area contributed by atoms with Gasteiger partial charge in [-0.25, -0.2) is 0 Å². The van der Waals surface area contributed by atoms with E-state index in [1.54, 1.807) is 0 Å². The first kappa shape index (κ1) is 9.03. The molecule has 1 aliphatic heterocycles. The Balaban J connectivity index is 2.49. The quantitative estimate of drug-likeness (QED) is 0.615. The van der Waals surface area contributed by atoms with Crippen molar-refractivity contribution in [1.29, 1.82) is 0 Å². The van der Waals surface area contributed by atoms with Crippen molar-refractivity contribution in [2.24, 2.45) is 5.92 Å². The summed E-state index contributed by atoms with van der Waals surface area (Å²) in [6.07, 6.45) is 1.61. The number of hydrogen-bond donors (Lipinski definition) is 0. The zero-order valence-corrected chi connectivity index (χ0v) is 7.37. The zero-order valence-electron chi connectivity index (χ0n) is 7.37. The summed E-state index contributed by atoms with van der Waals surface area (Å²) < 4.78 is 0. The van der Waals surface area contributed by atoms with E-state index in [0.717, 1.165) is 17.9 Å². The van der Waals surface area contributed by atoms with Gasteiger partial charge in [0.1, 0.15) is 0 Å². The number of hydroxylamine groups is 2. The number of amides is 1. The molecular weight excluding hydrogens is 158 g/mol. The van der Waals surface area contributed by atoms with Gasteiger partial charge >= 0.3 is 5.97 Å². The molecule has 4 nitrogen and oxygen atoms in total. The lowest BCUT2D eigenvalue weighted by Crippen LogP contribution is -2.29. The molecule has 0 bridgehead atoms. The SMILES string of the molecule is CC[C@H]1CCN(OC(C)=O)C1=O. The number of hydrogen-bond acceptors (Lipinski definition) is 3. The summed E-state index contributed by atoms with van der Waals surface area (Å²) in [5.74, 6) is -0.447. The molecule has 0 aromatic rings. The van der Waals surface area contributed by atoms with Crippen LogP contribution in [0.15, 0.2) is 0 Å². The van der Waals surface area contributed by atoms with Gasteiger partial charge in [0.05, 0.1) is 6.54 Å². The van der Waals surface area contributed by atoms with Crippen LogP contribution in [0.2, 0.25) is 0 Å². The number of rotatable bonds is 2. The van der Waals surface area contributed by atoms with Crippen LogP contribution in [0.4, 0.5) is 0 Å². The molecule has 68 valence electrons. The minimum Gasteiger partial charge on any atom is -0.338 e. The van der Waals surface area contributed by atoms with Crippen molar-refractivity contribution in [3.8, 4) is 0 Å². The minimum atomic E-state index is -0.430. The first-order valence-electron chi connectivity index (χ1n) is 4.15. The summed E-state index contributed by atoms with van der Waals surface area (Å²) in [5, 5.41) is 1.16. The van der Waals surface area contributed by atoms with E-state index in [9.17, 15) is 9.59 Å². The predicted molar refractivity (Wildman–Crippen MR) is 41.9 cm³/mol. The first-order valence-corrected chi connectivity index (χ1v) is 4.15. The Bertz CT molecular complexity index is 202. The Hall–Kier alpha value is -1.06. The van der Waals surface area contributed by atoms with Gasteiger partial charge in [0.2, 0.25) is 0 Å². The highest BCUT2D eigenvalue weighted by Crippen LogP contribution is 2.20. The molecule has 0 saturated carbocycles. The second-order valence-electron chi connectivity index (χ2n) is 2.92. The fourth-order valence-corrected chi connectivity index (χ4v) is 1.33. The van der Waals surface area contributed by atoms with Crippen molar-refractivity contribution in [2.75, 3.05) is 6.54 Å². The molecule has 0 unspecified atom stereocenters. The fourth-order valence-electron chi connectivity index (χ4n) is 1.33. The molecule has 1 rings (SSSR count). The number of carbonyl (C=O) groups excluding carboxylic acids is 2. The second kappa shape index (κ2) is 3.56. The molecule has 0 aromatic carbocycles. The molecule has 1 heterocycles. The summed E-state index contributed by atoms with van der Waals surface area (Å²) in [7, 11) is 0. The zero-order chi connectivity index (χ0) is 9.14. The maximum Gasteiger partial charge on any atom is 0.329 e. The smallest absolute Gasteiger partial charge is 0.329 e. The highest BCUT2D eigenvalue weighted by atomic mass is 16.7. The average molecular weight is 171 g/mol. The molecule has 4 heteroatoms. The summed E-state index contributed by atoms with van der Waals surface area (Å²) in [6.45, 7) is 3.79. The van der Waals surface area contributed by atoms with Crippen molar-refractivity contribution < 1.29 is 14.4 Å². The summed E-state index contributed by atoms with van der Waals surface area (Å²) in [4.78, 5) is 26.5. The third kappa shape index (κ3) is 1.75. The standard InChI is InChI=1S/C8H13NO3/c1-3-7-4-5-9(8(7)11)12-6(2)10/h7H,3-5H2,1-2H3/t7-/m0/s1. The Morgan fingerprint density at radius 1 is 1.75 bits per heavy atom. The van der Waals surface area contributed by atoms with Crippen LogP contribution in [0.5, 0.6) is 0 Å². The van der Waals surface area contributed by atoms with Crippen molar-refractivity contribution >= 4 is 11.9 Å². The van der Waals surface area contributed by atoms with Crippen LogP contribution in [-0.2, 0) is 14.4 Å². The maximum atomic E-state index is 11.3. The third-order valence-corrected chi connectivity index (χ3v) is 2.01. The van der Waals surface area contributed by atoms with Crippen LogP contribution in [0.25, 0.3) is 0 Å². The van der Waals surface area contributed by atoms with E-state index in [1.165, 1.54) is 6.92 Å². The van der Waals surface area contributed by atoms with Crippen LogP contribution in [0, 0.1) is 5.92 Å². The lowest BCUT2D eigenvalue weighted by Gasteiger charge is -2.13. The van der Waals surface area contributed by atoms with Crippen LogP contribution < -0.4 is 0 Å². The lowest BCUT2D eigenvalue weighted by molar-refractivity contribution is -0.191.